The van der Waals surface area contributed by atoms with Crippen molar-refractivity contribution in [3.05, 3.63) is 27.3 Å². The molecule has 92 valence electrons. The monoisotopic (exact) mass is 349 g/mol. The van der Waals surface area contributed by atoms with Gasteiger partial charge in [0.2, 0.25) is 0 Å². The summed E-state index contributed by atoms with van der Waals surface area (Å²) in [6.45, 7) is 1.61. The van der Waals surface area contributed by atoms with Crippen molar-refractivity contribution in [3.8, 4) is 5.75 Å². The van der Waals surface area contributed by atoms with Crippen LogP contribution in [0.25, 0.3) is 0 Å². The second kappa shape index (κ2) is 5.85. The van der Waals surface area contributed by atoms with E-state index in [0.29, 0.717) is 9.13 Å². The predicted molar refractivity (Wildman–Crippen MR) is 70.0 cm³/mol. The molecule has 0 spiro atoms. The number of rotatable bonds is 4. The van der Waals surface area contributed by atoms with Gasteiger partial charge in [0.05, 0.1) is 9.99 Å². The lowest BCUT2D eigenvalue weighted by atomic mass is 10.1. The molecule has 0 heterocycles. The molecule has 0 fully saturated rings. The van der Waals surface area contributed by atoms with E-state index < -0.39 is 17.9 Å². The molecule has 1 rings (SSSR count). The zero-order chi connectivity index (χ0) is 13.0. The van der Waals surface area contributed by atoms with Crippen LogP contribution < -0.4 is 5.32 Å². The van der Waals surface area contributed by atoms with Gasteiger partial charge in [0.25, 0.3) is 5.91 Å². The number of hydrogen-bond acceptors (Lipinski definition) is 3. The van der Waals surface area contributed by atoms with E-state index in [1.165, 1.54) is 6.07 Å². The lowest BCUT2D eigenvalue weighted by Crippen LogP contribution is -2.34. The maximum absolute atomic E-state index is 11.7. The predicted octanol–water partition coefficient (Wildman–Crippen LogP) is 1.59. The van der Waals surface area contributed by atoms with Crippen molar-refractivity contribution in [2.45, 2.75) is 19.4 Å². The number of carboxylic acid groups (broad SMARTS) is 1. The molecule has 5 nitrogen and oxygen atoms in total. The van der Waals surface area contributed by atoms with E-state index in [1.807, 2.05) is 22.6 Å². The van der Waals surface area contributed by atoms with Crippen molar-refractivity contribution >= 4 is 34.5 Å². The molecule has 0 aliphatic heterocycles. The minimum absolute atomic E-state index is 0.0316. The molecule has 0 saturated heterocycles. The average molecular weight is 349 g/mol. The van der Waals surface area contributed by atoms with Gasteiger partial charge in [-0.15, -0.1) is 0 Å². The van der Waals surface area contributed by atoms with Crippen LogP contribution in [0.4, 0.5) is 0 Å². The number of amides is 1. The Labute approximate surface area is 112 Å². The smallest absolute Gasteiger partial charge is 0.305 e. The maximum Gasteiger partial charge on any atom is 0.305 e. The number of phenolic OH excluding ortho intramolecular Hbond substituents is 1. The quantitative estimate of drug-likeness (QED) is 0.721. The Balaban J connectivity index is 2.70. The lowest BCUT2D eigenvalue weighted by molar-refractivity contribution is -0.137. The molecule has 0 aliphatic carbocycles. The molecule has 3 N–H and O–H groups in total. The molecule has 1 amide bonds. The number of aliphatic carboxylic acids is 1. The third-order valence-electron chi connectivity index (χ3n) is 2.07. The van der Waals surface area contributed by atoms with Gasteiger partial charge >= 0.3 is 5.97 Å². The second-order valence-corrected chi connectivity index (χ2v) is 4.80. The third-order valence-corrected chi connectivity index (χ3v) is 2.98. The minimum Gasteiger partial charge on any atom is -0.507 e. The topological polar surface area (TPSA) is 86.6 Å². The maximum atomic E-state index is 11.7. The molecule has 1 aromatic rings. The highest BCUT2D eigenvalue weighted by Crippen LogP contribution is 2.20. The van der Waals surface area contributed by atoms with Gasteiger partial charge in [-0.05, 0) is 47.7 Å². The van der Waals surface area contributed by atoms with Crippen LogP contribution in [0.2, 0.25) is 0 Å². The van der Waals surface area contributed by atoms with Crippen molar-refractivity contribution in [2.24, 2.45) is 0 Å². The number of aromatic hydroxyl groups is 1. The Morgan fingerprint density at radius 3 is 2.65 bits per heavy atom. The van der Waals surface area contributed by atoms with E-state index in [-0.39, 0.29) is 12.2 Å². The first-order valence-corrected chi connectivity index (χ1v) is 5.99. The molecule has 6 heteroatoms. The summed E-state index contributed by atoms with van der Waals surface area (Å²) in [7, 11) is 0. The minimum atomic E-state index is -0.969. The average Bonchev–Trinajstić information content (AvgIpc) is 2.20. The standard InChI is InChI=1S/C11H12INO4/c1-6(4-10(15)16)13-11(17)7-2-3-8(12)9(14)5-7/h2-3,5-6,14H,4H2,1H3,(H,13,17)(H,15,16). The van der Waals surface area contributed by atoms with Gasteiger partial charge in [0.15, 0.2) is 0 Å². The summed E-state index contributed by atoms with van der Waals surface area (Å²) in [5.41, 5.74) is 0.306. The number of hydrogen-bond donors (Lipinski definition) is 3. The van der Waals surface area contributed by atoms with Gasteiger partial charge in [0.1, 0.15) is 5.75 Å². The zero-order valence-corrected chi connectivity index (χ0v) is 11.3. The number of nitrogens with one attached hydrogen (secondary N) is 1. The van der Waals surface area contributed by atoms with Crippen LogP contribution in [0.5, 0.6) is 5.75 Å². The molecule has 17 heavy (non-hydrogen) atoms. The van der Waals surface area contributed by atoms with Gasteiger partial charge in [-0.3, -0.25) is 9.59 Å². The third kappa shape index (κ3) is 4.22. The first kappa shape index (κ1) is 13.8. The van der Waals surface area contributed by atoms with E-state index >= 15 is 0 Å². The van der Waals surface area contributed by atoms with Crippen molar-refractivity contribution in [1.29, 1.82) is 0 Å². The van der Waals surface area contributed by atoms with Crippen molar-refractivity contribution in [3.63, 3.8) is 0 Å². The molecule has 0 radical (unpaired) electrons. The second-order valence-electron chi connectivity index (χ2n) is 3.64. The highest BCUT2D eigenvalue weighted by Gasteiger charge is 2.13. The number of carboxylic acids is 1. The fourth-order valence-electron chi connectivity index (χ4n) is 1.27. The summed E-state index contributed by atoms with van der Waals surface area (Å²) in [5, 5.41) is 20.5. The highest BCUT2D eigenvalue weighted by molar-refractivity contribution is 14.1. The van der Waals surface area contributed by atoms with Gasteiger partial charge in [-0.25, -0.2) is 0 Å². The summed E-state index contributed by atoms with van der Waals surface area (Å²) in [6.07, 6.45) is -0.137. The van der Waals surface area contributed by atoms with Crippen LogP contribution in [0, 0.1) is 3.57 Å². The molecule has 0 bridgehead atoms. The van der Waals surface area contributed by atoms with Crippen molar-refractivity contribution in [1.82, 2.24) is 5.32 Å². The summed E-state index contributed by atoms with van der Waals surface area (Å²) >= 11 is 1.95. The highest BCUT2D eigenvalue weighted by atomic mass is 127. The fourth-order valence-corrected chi connectivity index (χ4v) is 1.61. The molecule has 1 unspecified atom stereocenters. The Morgan fingerprint density at radius 1 is 1.47 bits per heavy atom. The molecule has 0 aliphatic rings. The SMILES string of the molecule is CC(CC(=O)O)NC(=O)c1ccc(I)c(O)c1. The van der Waals surface area contributed by atoms with Gasteiger partial charge < -0.3 is 15.5 Å². The Hall–Kier alpha value is -1.31. The first-order chi connectivity index (χ1) is 7.90. The molecule has 1 aromatic carbocycles. The molecule has 1 atom stereocenters. The number of carbonyl (C=O) groups excluding carboxylic acids is 1. The van der Waals surface area contributed by atoms with Crippen LogP contribution in [-0.2, 0) is 4.79 Å². The normalized spacial score (nSPS) is 11.9. The fraction of sp³-hybridized carbons (Fsp3) is 0.273. The van der Waals surface area contributed by atoms with Crippen LogP contribution in [0.1, 0.15) is 23.7 Å². The van der Waals surface area contributed by atoms with Crippen LogP contribution in [0.15, 0.2) is 18.2 Å². The largest absolute Gasteiger partial charge is 0.507 e. The number of carbonyl (C=O) groups is 2. The number of benzene rings is 1. The first-order valence-electron chi connectivity index (χ1n) is 4.91. The van der Waals surface area contributed by atoms with Gasteiger partial charge in [-0.2, -0.15) is 0 Å². The van der Waals surface area contributed by atoms with E-state index in [9.17, 15) is 14.7 Å². The number of phenols is 1. The Bertz CT molecular complexity index is 447. The lowest BCUT2D eigenvalue weighted by Gasteiger charge is -2.11. The van der Waals surface area contributed by atoms with Crippen LogP contribution >= 0.6 is 22.6 Å². The van der Waals surface area contributed by atoms with E-state index in [1.54, 1.807) is 19.1 Å². The van der Waals surface area contributed by atoms with Gasteiger partial charge in [-0.1, -0.05) is 0 Å². The van der Waals surface area contributed by atoms with Gasteiger partial charge in [0, 0.05) is 11.6 Å². The molecule has 0 aromatic heterocycles. The molecular formula is C11H12INO4. The Morgan fingerprint density at radius 2 is 2.12 bits per heavy atom. The summed E-state index contributed by atoms with van der Waals surface area (Å²) in [5.74, 6) is -1.34. The van der Waals surface area contributed by atoms with E-state index in [0.717, 1.165) is 0 Å². The zero-order valence-electron chi connectivity index (χ0n) is 9.11. The summed E-state index contributed by atoms with van der Waals surface area (Å²) in [6, 6.07) is 4.09. The van der Waals surface area contributed by atoms with Crippen LogP contribution in [-0.4, -0.2) is 28.1 Å². The molecular weight excluding hydrogens is 337 g/mol. The van der Waals surface area contributed by atoms with E-state index in [4.69, 9.17) is 5.11 Å². The number of halogens is 1. The van der Waals surface area contributed by atoms with Crippen LogP contribution in [0.3, 0.4) is 0 Å². The summed E-state index contributed by atoms with van der Waals surface area (Å²) < 4.78 is 0.651. The Kier molecular flexibility index (Phi) is 4.73. The van der Waals surface area contributed by atoms with Crippen molar-refractivity contribution < 1.29 is 19.8 Å². The van der Waals surface area contributed by atoms with Crippen molar-refractivity contribution in [2.75, 3.05) is 0 Å². The van der Waals surface area contributed by atoms with E-state index in [2.05, 4.69) is 5.32 Å². The summed E-state index contributed by atoms with van der Waals surface area (Å²) in [4.78, 5) is 22.1. The molecule has 0 saturated carbocycles.